The molecule has 2 N–H and O–H groups in total. The summed E-state index contributed by atoms with van der Waals surface area (Å²) in [7, 11) is 2.65. The van der Waals surface area contributed by atoms with Crippen LogP contribution in [-0.4, -0.2) is 26.2 Å². The lowest BCUT2D eigenvalue weighted by Gasteiger charge is -2.28. The van der Waals surface area contributed by atoms with Crippen molar-refractivity contribution in [3.63, 3.8) is 0 Å². The fourth-order valence-electron chi connectivity index (χ4n) is 1.75. The van der Waals surface area contributed by atoms with Crippen molar-refractivity contribution in [3.8, 4) is 0 Å². The Hall–Kier alpha value is -1.59. The number of nitrogens with two attached hydrogens (primary N) is 1. The van der Waals surface area contributed by atoms with Gasteiger partial charge < -0.3 is 15.2 Å². The predicted octanol–water partition coefficient (Wildman–Crippen LogP) is 2.09. The molecule has 0 aliphatic heterocycles. The van der Waals surface area contributed by atoms with Crippen LogP contribution in [0.4, 0.5) is 0 Å². The van der Waals surface area contributed by atoms with Crippen molar-refractivity contribution in [1.29, 1.82) is 0 Å². The van der Waals surface area contributed by atoms with E-state index in [2.05, 4.69) is 4.74 Å². The smallest absolute Gasteiger partial charge is 0.337 e. The summed E-state index contributed by atoms with van der Waals surface area (Å²) in [6, 6.07) is 6.14. The molecule has 1 aromatic rings. The van der Waals surface area contributed by atoms with E-state index in [4.69, 9.17) is 10.5 Å². The van der Waals surface area contributed by atoms with Gasteiger partial charge in [-0.3, -0.25) is 4.79 Å². The third-order valence-electron chi connectivity index (χ3n) is 3.18. The van der Waals surface area contributed by atoms with E-state index in [-0.39, 0.29) is 18.4 Å². The Morgan fingerprint density at radius 3 is 2.00 bits per heavy atom. The second-order valence-electron chi connectivity index (χ2n) is 4.80. The summed E-state index contributed by atoms with van der Waals surface area (Å²) in [5, 5.41) is 0. The van der Waals surface area contributed by atoms with Crippen LogP contribution >= 0.6 is 12.4 Å². The molecule has 0 fully saturated rings. The standard InChI is InChI=1S/C14H19NO4.ClH/c1-14(2,13(17)19-4)11(15)9-5-7-10(8-6-9)12(16)18-3;/h5-8,11H,15H2,1-4H3;1H/t11-;/m1./s1. The van der Waals surface area contributed by atoms with E-state index in [1.165, 1.54) is 14.2 Å². The van der Waals surface area contributed by atoms with Crippen LogP contribution in [0, 0.1) is 5.41 Å². The van der Waals surface area contributed by atoms with Crippen LogP contribution in [0.3, 0.4) is 0 Å². The number of carbonyl (C=O) groups excluding carboxylic acids is 2. The van der Waals surface area contributed by atoms with Crippen LogP contribution in [0.2, 0.25) is 0 Å². The van der Waals surface area contributed by atoms with Crippen LogP contribution in [0.1, 0.15) is 35.8 Å². The minimum absolute atomic E-state index is 0. The maximum atomic E-state index is 11.7. The normalized spacial score (nSPS) is 12.1. The zero-order valence-electron chi connectivity index (χ0n) is 12.0. The number of rotatable bonds is 4. The molecule has 112 valence electrons. The first-order valence-electron chi connectivity index (χ1n) is 5.87. The molecule has 0 aliphatic rings. The average molecular weight is 302 g/mol. The third kappa shape index (κ3) is 3.71. The highest BCUT2D eigenvalue weighted by Gasteiger charge is 2.36. The fourth-order valence-corrected chi connectivity index (χ4v) is 1.75. The van der Waals surface area contributed by atoms with E-state index in [1.54, 1.807) is 38.1 Å². The summed E-state index contributed by atoms with van der Waals surface area (Å²) in [5.74, 6) is -0.788. The molecule has 5 nitrogen and oxygen atoms in total. The first-order chi connectivity index (χ1) is 8.84. The van der Waals surface area contributed by atoms with Gasteiger partial charge in [0, 0.05) is 6.04 Å². The van der Waals surface area contributed by atoms with Crippen LogP contribution in [0.5, 0.6) is 0 Å². The molecule has 0 amide bonds. The van der Waals surface area contributed by atoms with Gasteiger partial charge in [-0.25, -0.2) is 4.79 Å². The van der Waals surface area contributed by atoms with Crippen molar-refractivity contribution in [2.45, 2.75) is 19.9 Å². The van der Waals surface area contributed by atoms with Crippen molar-refractivity contribution < 1.29 is 19.1 Å². The van der Waals surface area contributed by atoms with Crippen LogP contribution in [-0.2, 0) is 14.3 Å². The molecule has 1 aromatic carbocycles. The first-order valence-corrected chi connectivity index (χ1v) is 5.87. The second-order valence-corrected chi connectivity index (χ2v) is 4.80. The molecular formula is C14H20ClNO4. The number of hydrogen-bond donors (Lipinski definition) is 1. The lowest BCUT2D eigenvalue weighted by Crippen LogP contribution is -2.37. The van der Waals surface area contributed by atoms with Crippen molar-refractivity contribution >= 4 is 24.3 Å². The molecule has 20 heavy (non-hydrogen) atoms. The van der Waals surface area contributed by atoms with Gasteiger partial charge in [-0.1, -0.05) is 12.1 Å². The highest BCUT2D eigenvalue weighted by atomic mass is 35.5. The molecular weight excluding hydrogens is 282 g/mol. The van der Waals surface area contributed by atoms with Crippen molar-refractivity contribution in [1.82, 2.24) is 0 Å². The molecule has 0 aromatic heterocycles. The lowest BCUT2D eigenvalue weighted by atomic mass is 9.81. The van der Waals surface area contributed by atoms with E-state index < -0.39 is 17.4 Å². The van der Waals surface area contributed by atoms with Gasteiger partial charge in [0.25, 0.3) is 0 Å². The Morgan fingerprint density at radius 2 is 1.60 bits per heavy atom. The minimum Gasteiger partial charge on any atom is -0.469 e. The zero-order chi connectivity index (χ0) is 14.6. The fraction of sp³-hybridized carbons (Fsp3) is 0.429. The number of benzene rings is 1. The molecule has 0 saturated carbocycles. The monoisotopic (exact) mass is 301 g/mol. The molecule has 6 heteroatoms. The van der Waals surface area contributed by atoms with Gasteiger partial charge >= 0.3 is 11.9 Å². The number of hydrogen-bond acceptors (Lipinski definition) is 5. The number of methoxy groups -OCH3 is 2. The molecule has 0 aliphatic carbocycles. The maximum absolute atomic E-state index is 11.7. The number of ether oxygens (including phenoxy) is 2. The van der Waals surface area contributed by atoms with Crippen LogP contribution < -0.4 is 5.73 Å². The van der Waals surface area contributed by atoms with Gasteiger partial charge in [-0.15, -0.1) is 12.4 Å². The van der Waals surface area contributed by atoms with Gasteiger partial charge in [0.05, 0.1) is 25.2 Å². The Bertz CT molecular complexity index is 471. The topological polar surface area (TPSA) is 78.6 Å². The summed E-state index contributed by atoms with van der Waals surface area (Å²) in [4.78, 5) is 23.0. The highest BCUT2D eigenvalue weighted by molar-refractivity contribution is 5.89. The molecule has 1 atom stereocenters. The molecule has 0 heterocycles. The Morgan fingerprint density at radius 1 is 1.10 bits per heavy atom. The highest BCUT2D eigenvalue weighted by Crippen LogP contribution is 2.32. The largest absolute Gasteiger partial charge is 0.469 e. The third-order valence-corrected chi connectivity index (χ3v) is 3.18. The zero-order valence-corrected chi connectivity index (χ0v) is 12.8. The second kappa shape index (κ2) is 7.26. The first kappa shape index (κ1) is 18.4. The SMILES string of the molecule is COC(=O)c1ccc([C@@H](N)C(C)(C)C(=O)OC)cc1.Cl. The van der Waals surface area contributed by atoms with Crippen molar-refractivity contribution in [3.05, 3.63) is 35.4 Å². The lowest BCUT2D eigenvalue weighted by molar-refractivity contribution is -0.152. The predicted molar refractivity (Wildman–Crippen MR) is 77.8 cm³/mol. The molecule has 0 bridgehead atoms. The summed E-state index contributed by atoms with van der Waals surface area (Å²) >= 11 is 0. The van der Waals surface area contributed by atoms with E-state index in [0.717, 1.165) is 5.56 Å². The molecule has 0 saturated heterocycles. The van der Waals surface area contributed by atoms with E-state index in [9.17, 15) is 9.59 Å². The quantitative estimate of drug-likeness (QED) is 0.862. The van der Waals surface area contributed by atoms with E-state index >= 15 is 0 Å². The van der Waals surface area contributed by atoms with Crippen LogP contribution in [0.25, 0.3) is 0 Å². The van der Waals surface area contributed by atoms with Crippen LogP contribution in [0.15, 0.2) is 24.3 Å². The van der Waals surface area contributed by atoms with Gasteiger partial charge in [0.1, 0.15) is 0 Å². The Labute approximate surface area is 124 Å². The Balaban J connectivity index is 0.00000361. The van der Waals surface area contributed by atoms with E-state index in [1.807, 2.05) is 0 Å². The maximum Gasteiger partial charge on any atom is 0.337 e. The summed E-state index contributed by atoms with van der Waals surface area (Å²) in [6.45, 7) is 3.44. The number of carbonyl (C=O) groups is 2. The van der Waals surface area contributed by atoms with Gasteiger partial charge in [0.2, 0.25) is 0 Å². The van der Waals surface area contributed by atoms with Crippen molar-refractivity contribution in [2.75, 3.05) is 14.2 Å². The Kier molecular flexibility index (Phi) is 6.68. The summed E-state index contributed by atoms with van der Waals surface area (Å²) in [6.07, 6.45) is 0. The number of halogens is 1. The van der Waals surface area contributed by atoms with Crippen molar-refractivity contribution in [2.24, 2.45) is 11.1 Å². The molecule has 0 unspecified atom stereocenters. The average Bonchev–Trinajstić information content (AvgIpc) is 2.44. The summed E-state index contributed by atoms with van der Waals surface area (Å²) in [5.41, 5.74) is 6.44. The minimum atomic E-state index is -0.846. The number of esters is 2. The van der Waals surface area contributed by atoms with E-state index in [0.29, 0.717) is 5.56 Å². The van der Waals surface area contributed by atoms with Gasteiger partial charge in [-0.2, -0.15) is 0 Å². The summed E-state index contributed by atoms with van der Waals surface area (Å²) < 4.78 is 9.36. The van der Waals surface area contributed by atoms with Gasteiger partial charge in [-0.05, 0) is 31.5 Å². The molecule has 1 rings (SSSR count). The molecule has 0 radical (unpaired) electrons. The molecule has 0 spiro atoms. The van der Waals surface area contributed by atoms with Gasteiger partial charge in [0.15, 0.2) is 0 Å².